The number of nitrogens with zero attached hydrogens (tertiary/aromatic N) is 1. The van der Waals surface area contributed by atoms with Crippen LogP contribution in [0.25, 0.3) is 0 Å². The van der Waals surface area contributed by atoms with Crippen molar-refractivity contribution in [2.45, 2.75) is 96.7 Å². The highest BCUT2D eigenvalue weighted by Crippen LogP contribution is 2.56. The molecule has 4 N–H and O–H groups in total. The average molecular weight is 712 g/mol. The fraction of sp³-hybridized carbons (Fsp3) is 0.488. The molecule has 0 aliphatic heterocycles. The maximum atomic E-state index is 14.1. The number of hydrogen-bond acceptors (Lipinski definition) is 7. The number of fused-ring (bicyclic) bond motifs is 3. The minimum atomic E-state index is -0.951. The topological polar surface area (TPSA) is 148 Å². The Balaban J connectivity index is 1.25. The van der Waals surface area contributed by atoms with Gasteiger partial charge in [-0.2, -0.15) is 0 Å². The number of nitrogens with one attached hydrogen (secondary N) is 4. The summed E-state index contributed by atoms with van der Waals surface area (Å²) in [5.41, 5.74) is 1.52. The number of amides is 4. The number of alkyl carbamates (subject to hydrolysis) is 1. The van der Waals surface area contributed by atoms with Crippen LogP contribution in [-0.4, -0.2) is 66.2 Å². The zero-order chi connectivity index (χ0) is 37.2. The normalized spacial score (nSPS) is 20.5. The predicted octanol–water partition coefficient (Wildman–Crippen LogP) is 5.53. The lowest BCUT2D eigenvalue weighted by atomic mass is 9.53. The van der Waals surface area contributed by atoms with Crippen molar-refractivity contribution >= 4 is 23.8 Å². The molecule has 3 aromatic rings. The Morgan fingerprint density at radius 3 is 1.90 bits per heavy atom. The van der Waals surface area contributed by atoms with Crippen LogP contribution in [0, 0.1) is 10.8 Å². The number of rotatable bonds is 15. The smallest absolute Gasteiger partial charge is 0.407 e. The molecule has 11 nitrogen and oxygen atoms in total. The molecule has 0 radical (unpaired) electrons. The van der Waals surface area contributed by atoms with E-state index in [-0.39, 0.29) is 41.6 Å². The monoisotopic (exact) mass is 711 g/mol. The Labute approximate surface area is 307 Å². The van der Waals surface area contributed by atoms with Crippen molar-refractivity contribution in [3.63, 3.8) is 0 Å². The Kier molecular flexibility index (Phi) is 12.6. The SMILES string of the molecule is CCOc1ccc(C[C@@H](NC(=O)c2ccccc2)C(=O)N[C@@H](Cc2cccnc2)C(=O)NCC23CCC(CNC(=O)OC(C)(C)C)(CC2)CC3)cc1. The van der Waals surface area contributed by atoms with E-state index in [1.807, 2.05) is 64.1 Å². The first-order valence-corrected chi connectivity index (χ1v) is 18.4. The van der Waals surface area contributed by atoms with Crippen LogP contribution in [0.4, 0.5) is 4.79 Å². The van der Waals surface area contributed by atoms with Crippen LogP contribution < -0.4 is 26.0 Å². The number of hydrogen-bond donors (Lipinski definition) is 4. The van der Waals surface area contributed by atoms with Crippen molar-refractivity contribution in [2.75, 3.05) is 19.7 Å². The van der Waals surface area contributed by atoms with Crippen LogP contribution >= 0.6 is 0 Å². The van der Waals surface area contributed by atoms with Crippen LogP contribution in [-0.2, 0) is 27.2 Å². The summed E-state index contributed by atoms with van der Waals surface area (Å²) in [6.07, 6.45) is 9.13. The second-order valence-electron chi connectivity index (χ2n) is 15.4. The predicted molar refractivity (Wildman–Crippen MR) is 199 cm³/mol. The van der Waals surface area contributed by atoms with Gasteiger partial charge >= 0.3 is 6.09 Å². The molecule has 3 aliphatic rings. The first kappa shape index (κ1) is 38.3. The average Bonchev–Trinajstić information content (AvgIpc) is 3.14. The van der Waals surface area contributed by atoms with Gasteiger partial charge in [-0.1, -0.05) is 36.4 Å². The molecule has 0 spiro atoms. The molecule has 278 valence electrons. The van der Waals surface area contributed by atoms with Crippen LogP contribution in [0.3, 0.4) is 0 Å². The van der Waals surface area contributed by atoms with E-state index in [0.717, 1.165) is 49.7 Å². The number of pyridine rings is 1. The summed E-state index contributed by atoms with van der Waals surface area (Å²) >= 11 is 0. The lowest BCUT2D eigenvalue weighted by molar-refractivity contribution is -0.130. The second-order valence-corrected chi connectivity index (χ2v) is 15.4. The largest absolute Gasteiger partial charge is 0.494 e. The summed E-state index contributed by atoms with van der Waals surface area (Å²) < 4.78 is 11.0. The summed E-state index contributed by atoms with van der Waals surface area (Å²) in [6, 6.07) is 18.0. The molecule has 4 amide bonds. The van der Waals surface area contributed by atoms with Gasteiger partial charge in [0.1, 0.15) is 23.4 Å². The van der Waals surface area contributed by atoms with Crippen LogP contribution in [0.1, 0.15) is 87.7 Å². The number of benzene rings is 2. The second kappa shape index (κ2) is 17.1. The zero-order valence-electron chi connectivity index (χ0n) is 30.8. The van der Waals surface area contributed by atoms with E-state index in [4.69, 9.17) is 9.47 Å². The molecule has 52 heavy (non-hydrogen) atoms. The Hall–Kier alpha value is -4.93. The van der Waals surface area contributed by atoms with Crippen molar-refractivity contribution < 1.29 is 28.7 Å². The molecular formula is C41H53N5O6. The summed E-state index contributed by atoms with van der Waals surface area (Å²) in [7, 11) is 0. The van der Waals surface area contributed by atoms with Gasteiger partial charge in [0, 0.05) is 43.9 Å². The Morgan fingerprint density at radius 2 is 1.33 bits per heavy atom. The van der Waals surface area contributed by atoms with E-state index in [2.05, 4.69) is 26.3 Å². The summed E-state index contributed by atoms with van der Waals surface area (Å²) in [5, 5.41) is 12.1. The first-order chi connectivity index (χ1) is 24.9. The summed E-state index contributed by atoms with van der Waals surface area (Å²) in [6.45, 7) is 9.10. The van der Waals surface area contributed by atoms with Crippen molar-refractivity contribution in [3.8, 4) is 5.75 Å². The van der Waals surface area contributed by atoms with E-state index in [1.54, 1.807) is 42.7 Å². The van der Waals surface area contributed by atoms with Gasteiger partial charge in [0.25, 0.3) is 5.91 Å². The van der Waals surface area contributed by atoms with Crippen molar-refractivity contribution in [2.24, 2.45) is 10.8 Å². The third-order valence-electron chi connectivity index (χ3n) is 10.3. The molecule has 1 aromatic heterocycles. The highest BCUT2D eigenvalue weighted by Gasteiger charge is 2.48. The van der Waals surface area contributed by atoms with Gasteiger partial charge in [-0.3, -0.25) is 19.4 Å². The quantitative estimate of drug-likeness (QED) is 0.162. The van der Waals surface area contributed by atoms with Crippen LogP contribution in [0.2, 0.25) is 0 Å². The van der Waals surface area contributed by atoms with Gasteiger partial charge in [-0.25, -0.2) is 4.79 Å². The molecule has 2 bridgehead atoms. The molecule has 1 heterocycles. The Bertz CT molecular complexity index is 1630. The van der Waals surface area contributed by atoms with Crippen LogP contribution in [0.5, 0.6) is 5.75 Å². The minimum Gasteiger partial charge on any atom is -0.494 e. The standard InChI is InChI=1S/C41H53N5O6/c1-5-51-32-15-13-29(14-16-32)24-34(45-35(47)31-11-7-6-8-12-31)37(49)46-33(25-30-10-9-23-42-26-30)36(48)43-27-40-17-20-41(21-18-40,22-19-40)28-44-38(50)52-39(2,3)4/h6-16,23,26,33-34H,5,17-22,24-25,27-28H2,1-4H3,(H,43,48)(H,44,50)(H,45,47)(H,46,49)/t33-,34+,40?,41?/m0/s1. The minimum absolute atomic E-state index is 0.0357. The molecule has 0 saturated heterocycles. The van der Waals surface area contributed by atoms with Gasteiger partial charge in [0.15, 0.2) is 0 Å². The van der Waals surface area contributed by atoms with E-state index in [9.17, 15) is 19.2 Å². The van der Waals surface area contributed by atoms with E-state index in [0.29, 0.717) is 31.0 Å². The van der Waals surface area contributed by atoms with Crippen LogP contribution in [0.15, 0.2) is 79.1 Å². The van der Waals surface area contributed by atoms with Gasteiger partial charge in [-0.15, -0.1) is 0 Å². The van der Waals surface area contributed by atoms with Crippen molar-refractivity contribution in [1.29, 1.82) is 0 Å². The fourth-order valence-electron chi connectivity index (χ4n) is 7.24. The molecule has 0 unspecified atom stereocenters. The van der Waals surface area contributed by atoms with E-state index in [1.165, 1.54) is 0 Å². The molecule has 2 aromatic carbocycles. The molecule has 3 fully saturated rings. The number of ether oxygens (including phenoxy) is 2. The van der Waals surface area contributed by atoms with E-state index < -0.39 is 23.6 Å². The zero-order valence-corrected chi connectivity index (χ0v) is 30.8. The lowest BCUT2D eigenvalue weighted by Gasteiger charge is -2.53. The molecule has 11 heteroatoms. The highest BCUT2D eigenvalue weighted by molar-refractivity contribution is 5.98. The van der Waals surface area contributed by atoms with Gasteiger partial charge < -0.3 is 30.7 Å². The van der Waals surface area contributed by atoms with Gasteiger partial charge in [0.05, 0.1) is 6.61 Å². The van der Waals surface area contributed by atoms with Crippen molar-refractivity contribution in [1.82, 2.24) is 26.3 Å². The molecule has 2 atom stereocenters. The lowest BCUT2D eigenvalue weighted by Crippen LogP contribution is -2.57. The van der Waals surface area contributed by atoms with Gasteiger partial charge in [0.2, 0.25) is 11.8 Å². The first-order valence-electron chi connectivity index (χ1n) is 18.4. The molecule has 6 rings (SSSR count). The molecule has 3 aliphatic carbocycles. The number of carbonyl (C=O) groups excluding carboxylic acids is 4. The number of carbonyl (C=O) groups is 4. The van der Waals surface area contributed by atoms with E-state index >= 15 is 0 Å². The Morgan fingerprint density at radius 1 is 0.731 bits per heavy atom. The third-order valence-corrected chi connectivity index (χ3v) is 10.3. The third kappa shape index (κ3) is 10.8. The number of aromatic nitrogens is 1. The van der Waals surface area contributed by atoms with Gasteiger partial charge in [-0.05, 0) is 119 Å². The maximum Gasteiger partial charge on any atom is 0.407 e. The summed E-state index contributed by atoms with van der Waals surface area (Å²) in [4.78, 5) is 57.8. The highest BCUT2D eigenvalue weighted by atomic mass is 16.6. The fourth-order valence-corrected chi connectivity index (χ4v) is 7.24. The molecular weight excluding hydrogens is 658 g/mol. The van der Waals surface area contributed by atoms with Crippen molar-refractivity contribution in [3.05, 3.63) is 95.8 Å². The summed E-state index contributed by atoms with van der Waals surface area (Å²) in [5.74, 6) is -0.411. The molecule has 3 saturated carbocycles. The maximum absolute atomic E-state index is 14.1.